The van der Waals surface area contributed by atoms with Crippen molar-refractivity contribution in [1.82, 2.24) is 0 Å². The normalized spacial score (nSPS) is 9.73. The predicted molar refractivity (Wildman–Crippen MR) is 47.4 cm³/mol. The standard InChI is InChI=1S/C8H10ClNO/c1-5-3-7(10-2)8(11)4-6(5)9/h3-4,10-11H,1-2H3. The van der Waals surface area contributed by atoms with E-state index in [0.29, 0.717) is 10.7 Å². The molecule has 0 unspecified atom stereocenters. The first-order chi connectivity index (χ1) is 5.15. The quantitative estimate of drug-likeness (QED) is 0.636. The van der Waals surface area contributed by atoms with Crippen molar-refractivity contribution in [2.45, 2.75) is 6.92 Å². The number of aromatic hydroxyl groups is 1. The third kappa shape index (κ3) is 1.57. The van der Waals surface area contributed by atoms with Gasteiger partial charge >= 0.3 is 0 Å². The molecule has 0 saturated carbocycles. The number of aryl methyl sites for hydroxylation is 1. The molecule has 0 aliphatic carbocycles. The average molecular weight is 172 g/mol. The lowest BCUT2D eigenvalue weighted by molar-refractivity contribution is 0.477. The van der Waals surface area contributed by atoms with Gasteiger partial charge in [0.1, 0.15) is 5.75 Å². The van der Waals surface area contributed by atoms with Gasteiger partial charge in [0.05, 0.1) is 5.69 Å². The van der Waals surface area contributed by atoms with Crippen LogP contribution in [-0.4, -0.2) is 12.2 Å². The predicted octanol–water partition coefficient (Wildman–Crippen LogP) is 2.40. The number of phenols is 1. The van der Waals surface area contributed by atoms with Crippen molar-refractivity contribution in [1.29, 1.82) is 0 Å². The molecule has 0 aromatic heterocycles. The molecular weight excluding hydrogens is 162 g/mol. The Kier molecular flexibility index (Phi) is 2.25. The van der Waals surface area contributed by atoms with E-state index in [0.717, 1.165) is 5.56 Å². The Balaban J connectivity index is 3.21. The lowest BCUT2D eigenvalue weighted by atomic mass is 10.2. The van der Waals surface area contributed by atoms with Gasteiger partial charge in [0.2, 0.25) is 0 Å². The molecule has 0 aliphatic heterocycles. The van der Waals surface area contributed by atoms with Crippen LogP contribution in [0.4, 0.5) is 5.69 Å². The molecule has 0 radical (unpaired) electrons. The maximum atomic E-state index is 9.27. The van der Waals surface area contributed by atoms with E-state index >= 15 is 0 Å². The maximum absolute atomic E-state index is 9.27. The number of benzene rings is 1. The summed E-state index contributed by atoms with van der Waals surface area (Å²) in [5.74, 6) is 0.183. The van der Waals surface area contributed by atoms with E-state index < -0.39 is 0 Å². The molecule has 2 N–H and O–H groups in total. The van der Waals surface area contributed by atoms with E-state index in [1.54, 1.807) is 13.1 Å². The molecule has 0 heterocycles. The van der Waals surface area contributed by atoms with Gasteiger partial charge in [-0.15, -0.1) is 0 Å². The molecule has 0 aliphatic rings. The lowest BCUT2D eigenvalue weighted by Crippen LogP contribution is -1.89. The summed E-state index contributed by atoms with van der Waals surface area (Å²) in [5.41, 5.74) is 1.65. The molecule has 0 saturated heterocycles. The molecule has 1 aromatic carbocycles. The topological polar surface area (TPSA) is 32.3 Å². The number of nitrogens with one attached hydrogen (secondary N) is 1. The number of hydrogen-bond acceptors (Lipinski definition) is 2. The van der Waals surface area contributed by atoms with Gasteiger partial charge < -0.3 is 10.4 Å². The highest BCUT2D eigenvalue weighted by Crippen LogP contribution is 2.29. The van der Waals surface area contributed by atoms with Crippen molar-refractivity contribution >= 4 is 17.3 Å². The summed E-state index contributed by atoms with van der Waals surface area (Å²) in [6.07, 6.45) is 0. The summed E-state index contributed by atoms with van der Waals surface area (Å²) >= 11 is 5.76. The Morgan fingerprint density at radius 1 is 1.45 bits per heavy atom. The highest BCUT2D eigenvalue weighted by atomic mass is 35.5. The van der Waals surface area contributed by atoms with Crippen molar-refractivity contribution in [3.63, 3.8) is 0 Å². The molecule has 1 aromatic rings. The Morgan fingerprint density at radius 3 is 2.64 bits per heavy atom. The Bertz CT molecular complexity index is 273. The molecule has 2 nitrogen and oxygen atoms in total. The zero-order chi connectivity index (χ0) is 8.43. The molecule has 60 valence electrons. The van der Waals surface area contributed by atoms with Gasteiger partial charge in [0.15, 0.2) is 0 Å². The van der Waals surface area contributed by atoms with E-state index in [1.165, 1.54) is 6.07 Å². The van der Waals surface area contributed by atoms with Crippen molar-refractivity contribution in [2.75, 3.05) is 12.4 Å². The van der Waals surface area contributed by atoms with Gasteiger partial charge in [0, 0.05) is 18.1 Å². The largest absolute Gasteiger partial charge is 0.506 e. The zero-order valence-corrected chi connectivity index (χ0v) is 7.24. The van der Waals surface area contributed by atoms with E-state index in [2.05, 4.69) is 5.32 Å². The van der Waals surface area contributed by atoms with E-state index in [1.807, 2.05) is 6.92 Å². The van der Waals surface area contributed by atoms with Gasteiger partial charge in [-0.25, -0.2) is 0 Å². The second-order valence-corrected chi connectivity index (χ2v) is 2.78. The second kappa shape index (κ2) is 3.01. The van der Waals surface area contributed by atoms with Gasteiger partial charge in [0.25, 0.3) is 0 Å². The van der Waals surface area contributed by atoms with Crippen molar-refractivity contribution < 1.29 is 5.11 Å². The lowest BCUT2D eigenvalue weighted by Gasteiger charge is -2.05. The van der Waals surface area contributed by atoms with Crippen LogP contribution >= 0.6 is 11.6 Å². The van der Waals surface area contributed by atoms with Crippen molar-refractivity contribution in [3.8, 4) is 5.75 Å². The van der Waals surface area contributed by atoms with Crippen LogP contribution in [0.2, 0.25) is 5.02 Å². The summed E-state index contributed by atoms with van der Waals surface area (Å²) in [4.78, 5) is 0. The third-order valence-corrected chi connectivity index (χ3v) is 1.95. The molecule has 3 heteroatoms. The molecule has 11 heavy (non-hydrogen) atoms. The SMILES string of the molecule is CNc1cc(C)c(Cl)cc1O. The summed E-state index contributed by atoms with van der Waals surface area (Å²) in [6.45, 7) is 1.89. The van der Waals surface area contributed by atoms with Gasteiger partial charge in [-0.05, 0) is 18.6 Å². The molecule has 0 bridgehead atoms. The molecule has 0 amide bonds. The van der Waals surface area contributed by atoms with Crippen LogP contribution in [0.1, 0.15) is 5.56 Å². The Morgan fingerprint density at radius 2 is 2.09 bits per heavy atom. The van der Waals surface area contributed by atoms with Crippen LogP contribution in [-0.2, 0) is 0 Å². The first-order valence-electron chi connectivity index (χ1n) is 3.32. The van der Waals surface area contributed by atoms with Crippen LogP contribution in [0.15, 0.2) is 12.1 Å². The molecule has 0 atom stereocenters. The fourth-order valence-corrected chi connectivity index (χ4v) is 1.03. The summed E-state index contributed by atoms with van der Waals surface area (Å²) < 4.78 is 0. The average Bonchev–Trinajstić information content (AvgIpc) is 1.97. The Labute approximate surface area is 70.8 Å². The second-order valence-electron chi connectivity index (χ2n) is 2.37. The van der Waals surface area contributed by atoms with Crippen LogP contribution in [0.3, 0.4) is 0 Å². The Hall–Kier alpha value is -0.890. The third-order valence-electron chi connectivity index (χ3n) is 1.55. The number of phenolic OH excluding ortho intramolecular Hbond substituents is 1. The van der Waals surface area contributed by atoms with E-state index in [-0.39, 0.29) is 5.75 Å². The minimum absolute atomic E-state index is 0.183. The molecular formula is C8H10ClNO. The summed E-state index contributed by atoms with van der Waals surface area (Å²) in [6, 6.07) is 3.33. The fourth-order valence-electron chi connectivity index (χ4n) is 0.871. The van der Waals surface area contributed by atoms with E-state index in [9.17, 15) is 5.11 Å². The molecule has 0 spiro atoms. The van der Waals surface area contributed by atoms with Crippen LogP contribution in [0, 0.1) is 6.92 Å². The monoisotopic (exact) mass is 171 g/mol. The van der Waals surface area contributed by atoms with Crippen LogP contribution < -0.4 is 5.32 Å². The summed E-state index contributed by atoms with van der Waals surface area (Å²) in [7, 11) is 1.75. The van der Waals surface area contributed by atoms with E-state index in [4.69, 9.17) is 11.6 Å². The smallest absolute Gasteiger partial charge is 0.140 e. The van der Waals surface area contributed by atoms with Gasteiger partial charge in [-0.2, -0.15) is 0 Å². The van der Waals surface area contributed by atoms with Crippen molar-refractivity contribution in [3.05, 3.63) is 22.7 Å². The number of anilines is 1. The summed E-state index contributed by atoms with van der Waals surface area (Å²) in [5, 5.41) is 12.7. The first-order valence-corrected chi connectivity index (χ1v) is 3.70. The van der Waals surface area contributed by atoms with Crippen LogP contribution in [0.25, 0.3) is 0 Å². The van der Waals surface area contributed by atoms with Gasteiger partial charge in [-0.3, -0.25) is 0 Å². The molecule has 1 rings (SSSR count). The van der Waals surface area contributed by atoms with Gasteiger partial charge in [-0.1, -0.05) is 11.6 Å². The molecule has 0 fully saturated rings. The number of hydrogen-bond donors (Lipinski definition) is 2. The van der Waals surface area contributed by atoms with Crippen LogP contribution in [0.5, 0.6) is 5.75 Å². The fraction of sp³-hybridized carbons (Fsp3) is 0.250. The highest BCUT2D eigenvalue weighted by Gasteiger charge is 2.02. The number of rotatable bonds is 1. The first kappa shape index (κ1) is 8.21. The maximum Gasteiger partial charge on any atom is 0.140 e. The number of halogens is 1. The zero-order valence-electron chi connectivity index (χ0n) is 6.48. The van der Waals surface area contributed by atoms with Crippen molar-refractivity contribution in [2.24, 2.45) is 0 Å². The minimum Gasteiger partial charge on any atom is -0.506 e. The highest BCUT2D eigenvalue weighted by molar-refractivity contribution is 6.31. The minimum atomic E-state index is 0.183.